The van der Waals surface area contributed by atoms with E-state index in [1.54, 1.807) is 11.1 Å². The number of hydrogen-bond donors (Lipinski definition) is 4. The number of fused-ring (bicyclic) bond motifs is 1. The van der Waals surface area contributed by atoms with Gasteiger partial charge in [0.15, 0.2) is 0 Å². The minimum atomic E-state index is -0.711. The average molecular weight is 765 g/mol. The van der Waals surface area contributed by atoms with Gasteiger partial charge in [0.2, 0.25) is 11.8 Å². The molecule has 0 bridgehead atoms. The minimum Gasteiger partial charge on any atom is -0.453 e. The molecule has 0 saturated carbocycles. The van der Waals surface area contributed by atoms with Gasteiger partial charge in [-0.25, -0.2) is 19.6 Å². The number of methoxy groups -OCH3 is 2. The van der Waals surface area contributed by atoms with Crippen LogP contribution < -0.4 is 10.6 Å². The number of ether oxygens (including phenoxy) is 2. The maximum absolute atomic E-state index is 13.7. The lowest BCUT2D eigenvalue weighted by molar-refractivity contribution is -0.136. The first-order chi connectivity index (χ1) is 26.8. The third-order valence-electron chi connectivity index (χ3n) is 10.7. The first-order valence-electron chi connectivity index (χ1n) is 19.2. The molecule has 4 heterocycles. The van der Waals surface area contributed by atoms with Crippen molar-refractivity contribution in [1.82, 2.24) is 40.4 Å². The van der Waals surface area contributed by atoms with E-state index in [0.717, 1.165) is 46.4 Å². The highest BCUT2D eigenvalue weighted by molar-refractivity contribution is 5.88. The standard InChI is InChI=1S/C42H52N8O6/c1-23(2)35(47-41(53)55-7)39(51)49-21-25(5)17-33(49)37-43-20-30(44-37)15-11-27-9-12-28(13-10-27)29-14-16-31-32(19-29)46-38(45-31)34-18-26(6)22-50(34)40(52)36(24(3)4)48-42(54)56-8/h9-10,12-14,16,19-20,23-26,33-36H,17-18,21-22H2,1-8H3,(H,43,44)(H,45,46)(H,47,53)(H,48,54)/t25-,26-,33-,34-,35-,36-/m0/s1. The Morgan fingerprint density at radius 2 is 1.29 bits per heavy atom. The van der Waals surface area contributed by atoms with Crippen LogP contribution in [-0.4, -0.2) is 93.1 Å². The van der Waals surface area contributed by atoms with Crippen LogP contribution in [0.3, 0.4) is 0 Å². The van der Waals surface area contributed by atoms with Gasteiger partial charge in [0.05, 0.1) is 37.3 Å². The van der Waals surface area contributed by atoms with Crippen LogP contribution in [0, 0.1) is 35.5 Å². The van der Waals surface area contributed by atoms with E-state index in [1.165, 1.54) is 14.2 Å². The average Bonchev–Trinajstić information content (AvgIpc) is 3.99. The van der Waals surface area contributed by atoms with Crippen LogP contribution in [0.1, 0.15) is 89.4 Å². The summed E-state index contributed by atoms with van der Waals surface area (Å²) in [5.74, 6) is 7.72. The zero-order chi connectivity index (χ0) is 40.3. The summed E-state index contributed by atoms with van der Waals surface area (Å²) in [6, 6.07) is 12.1. The third-order valence-corrected chi connectivity index (χ3v) is 10.7. The van der Waals surface area contributed by atoms with Gasteiger partial charge in [-0.3, -0.25) is 9.59 Å². The predicted molar refractivity (Wildman–Crippen MR) is 211 cm³/mol. The second-order valence-electron chi connectivity index (χ2n) is 15.8. The van der Waals surface area contributed by atoms with Crippen LogP contribution >= 0.6 is 0 Å². The smallest absolute Gasteiger partial charge is 0.407 e. The molecule has 2 fully saturated rings. The van der Waals surface area contributed by atoms with E-state index in [9.17, 15) is 19.2 Å². The highest BCUT2D eigenvalue weighted by Crippen LogP contribution is 2.37. The molecule has 4 amide bonds. The first-order valence-corrected chi connectivity index (χ1v) is 19.2. The fourth-order valence-corrected chi connectivity index (χ4v) is 7.67. The van der Waals surface area contributed by atoms with Crippen LogP contribution in [0.5, 0.6) is 0 Å². The molecule has 2 aromatic carbocycles. The summed E-state index contributed by atoms with van der Waals surface area (Å²) in [6.07, 6.45) is 1.99. The van der Waals surface area contributed by atoms with Crippen molar-refractivity contribution in [2.75, 3.05) is 27.3 Å². The Hall–Kier alpha value is -5.84. The fraction of sp³-hybridized carbons (Fsp3) is 0.476. The maximum atomic E-state index is 13.7. The van der Waals surface area contributed by atoms with Gasteiger partial charge in [-0.1, -0.05) is 65.7 Å². The lowest BCUT2D eigenvalue weighted by Gasteiger charge is -2.30. The number of rotatable bonds is 9. The number of aromatic nitrogens is 4. The van der Waals surface area contributed by atoms with E-state index < -0.39 is 24.3 Å². The van der Waals surface area contributed by atoms with Crippen molar-refractivity contribution in [3.8, 4) is 23.0 Å². The number of nitrogens with one attached hydrogen (secondary N) is 4. The summed E-state index contributed by atoms with van der Waals surface area (Å²) < 4.78 is 9.54. The Balaban J connectivity index is 1.14. The molecule has 2 aromatic heterocycles. The largest absolute Gasteiger partial charge is 0.453 e. The molecule has 296 valence electrons. The molecule has 4 N–H and O–H groups in total. The predicted octanol–water partition coefficient (Wildman–Crippen LogP) is 5.93. The number of hydrogen-bond acceptors (Lipinski definition) is 8. The van der Waals surface area contributed by atoms with Gasteiger partial charge >= 0.3 is 12.2 Å². The minimum absolute atomic E-state index is 0.120. The van der Waals surface area contributed by atoms with Crippen molar-refractivity contribution in [3.05, 3.63) is 71.6 Å². The number of carbonyl (C=O) groups is 4. The molecule has 0 spiro atoms. The van der Waals surface area contributed by atoms with Crippen molar-refractivity contribution in [1.29, 1.82) is 0 Å². The van der Waals surface area contributed by atoms with Gasteiger partial charge in [0.25, 0.3) is 0 Å². The van der Waals surface area contributed by atoms with E-state index in [2.05, 4.69) is 46.3 Å². The SMILES string of the molecule is COC(=O)N[C@H](C(=O)N1C[C@@H](C)C[C@H]1c1nc(C#Cc2ccc(-c3ccc4[nH]c([C@@H]5C[C@H](C)CN5C(=O)[C@@H](NC(=O)OC)C(C)C)nc4c3)cc2)c[nH]1)C(C)C. The molecule has 2 aliphatic heterocycles. The molecule has 56 heavy (non-hydrogen) atoms. The van der Waals surface area contributed by atoms with Gasteiger partial charge in [0, 0.05) is 24.8 Å². The molecule has 6 rings (SSSR count). The Morgan fingerprint density at radius 3 is 1.82 bits per heavy atom. The van der Waals surface area contributed by atoms with Crippen molar-refractivity contribution in [2.45, 2.75) is 78.6 Å². The molecule has 14 nitrogen and oxygen atoms in total. The molecular formula is C42H52N8O6. The zero-order valence-electron chi connectivity index (χ0n) is 33.3. The van der Waals surface area contributed by atoms with Crippen LogP contribution in [0.15, 0.2) is 48.7 Å². The van der Waals surface area contributed by atoms with Crippen molar-refractivity contribution < 1.29 is 28.7 Å². The van der Waals surface area contributed by atoms with Crippen LogP contribution in [-0.2, 0) is 19.1 Å². The molecule has 0 unspecified atom stereocenters. The van der Waals surface area contributed by atoms with E-state index in [1.807, 2.05) is 75.1 Å². The number of aromatic amines is 2. The molecule has 0 radical (unpaired) electrons. The summed E-state index contributed by atoms with van der Waals surface area (Å²) in [5, 5.41) is 5.40. The second kappa shape index (κ2) is 16.9. The van der Waals surface area contributed by atoms with Crippen LogP contribution in [0.25, 0.3) is 22.2 Å². The van der Waals surface area contributed by atoms with Gasteiger partial charge in [-0.15, -0.1) is 0 Å². The van der Waals surface area contributed by atoms with Crippen molar-refractivity contribution in [2.24, 2.45) is 23.7 Å². The second-order valence-corrected chi connectivity index (χ2v) is 15.8. The summed E-state index contributed by atoms with van der Waals surface area (Å²) >= 11 is 0. The zero-order valence-corrected chi connectivity index (χ0v) is 33.3. The van der Waals surface area contributed by atoms with Crippen LogP contribution in [0.2, 0.25) is 0 Å². The number of carbonyl (C=O) groups excluding carboxylic acids is 4. The summed E-state index contributed by atoms with van der Waals surface area (Å²) in [4.78, 5) is 71.3. The van der Waals surface area contributed by atoms with E-state index >= 15 is 0 Å². The summed E-state index contributed by atoms with van der Waals surface area (Å²) in [5.41, 5.74) is 5.07. The van der Waals surface area contributed by atoms with E-state index in [-0.39, 0.29) is 47.6 Å². The Labute approximate surface area is 327 Å². The molecule has 4 aromatic rings. The topological polar surface area (TPSA) is 175 Å². The summed E-state index contributed by atoms with van der Waals surface area (Å²) in [6.45, 7) is 12.9. The highest BCUT2D eigenvalue weighted by Gasteiger charge is 2.41. The fourth-order valence-electron chi connectivity index (χ4n) is 7.67. The Bertz CT molecular complexity index is 2130. The number of likely N-dealkylation sites (tertiary alicyclic amines) is 2. The number of benzene rings is 2. The number of H-pyrrole nitrogens is 2. The van der Waals surface area contributed by atoms with E-state index in [0.29, 0.717) is 24.6 Å². The number of amides is 4. The molecule has 2 saturated heterocycles. The molecule has 2 aliphatic rings. The molecule has 0 aliphatic carbocycles. The van der Waals surface area contributed by atoms with Gasteiger partial charge in [-0.05, 0) is 77.8 Å². The Morgan fingerprint density at radius 1 is 0.750 bits per heavy atom. The lowest BCUT2D eigenvalue weighted by atomic mass is 10.0. The molecular weight excluding hydrogens is 713 g/mol. The van der Waals surface area contributed by atoms with Crippen molar-refractivity contribution in [3.63, 3.8) is 0 Å². The normalized spacial score (nSPS) is 20.5. The van der Waals surface area contributed by atoms with Gasteiger partial charge < -0.3 is 39.9 Å². The lowest BCUT2D eigenvalue weighted by Crippen LogP contribution is -2.51. The Kier molecular flexibility index (Phi) is 12.0. The quantitative estimate of drug-likeness (QED) is 0.152. The maximum Gasteiger partial charge on any atom is 0.407 e. The van der Waals surface area contributed by atoms with E-state index in [4.69, 9.17) is 19.4 Å². The first kappa shape index (κ1) is 39.8. The molecule has 6 atom stereocenters. The summed E-state index contributed by atoms with van der Waals surface area (Å²) in [7, 11) is 2.57. The third kappa shape index (κ3) is 8.67. The number of nitrogens with zero attached hydrogens (tertiary/aromatic N) is 4. The molecule has 14 heteroatoms. The highest BCUT2D eigenvalue weighted by atomic mass is 16.5. The van der Waals surface area contributed by atoms with Crippen molar-refractivity contribution >= 4 is 35.0 Å². The number of alkyl carbamates (subject to hydrolysis) is 2. The van der Waals surface area contributed by atoms with Crippen LogP contribution in [0.4, 0.5) is 9.59 Å². The number of imidazole rings is 2. The van der Waals surface area contributed by atoms with Gasteiger partial charge in [-0.2, -0.15) is 0 Å². The monoisotopic (exact) mass is 764 g/mol. The van der Waals surface area contributed by atoms with Gasteiger partial charge in [0.1, 0.15) is 29.4 Å².